The normalized spacial score (nSPS) is 18.0. The minimum absolute atomic E-state index is 0.262. The van der Waals surface area contributed by atoms with Gasteiger partial charge in [0.15, 0.2) is 11.5 Å². The molecule has 2 aliphatic heterocycles. The lowest BCUT2D eigenvalue weighted by atomic mass is 10.1. The lowest BCUT2D eigenvalue weighted by Gasteiger charge is -2.33. The van der Waals surface area contributed by atoms with E-state index in [2.05, 4.69) is 32.9 Å². The van der Waals surface area contributed by atoms with Gasteiger partial charge in [-0.05, 0) is 23.8 Å². The van der Waals surface area contributed by atoms with Gasteiger partial charge in [-0.1, -0.05) is 6.07 Å². The van der Waals surface area contributed by atoms with Gasteiger partial charge < -0.3 is 19.3 Å². The Balaban J connectivity index is 0.000000298. The van der Waals surface area contributed by atoms with Crippen LogP contribution in [0.5, 0.6) is 11.5 Å². The number of hydrogen-bond acceptors (Lipinski definition) is 6. The third-order valence-corrected chi connectivity index (χ3v) is 4.40. The smallest absolute Gasteiger partial charge is 0.475 e. The van der Waals surface area contributed by atoms with Crippen LogP contribution in [0.25, 0.3) is 0 Å². The van der Waals surface area contributed by atoms with Crippen LogP contribution in [0.15, 0.2) is 30.5 Å². The highest BCUT2D eigenvalue weighted by atomic mass is 19.4. The standard InChI is InChI=1S/C16H19N3O3.C2HF3O2/c1-20-10-14-9-18(8-13-4-5-17-19(13)14)7-12-2-3-15-16(6-12)22-11-21-15;3-2(4,5)1(6)7/h2-6,14H,7-11H2,1H3;(H,6,7). The summed E-state index contributed by atoms with van der Waals surface area (Å²) in [6.07, 6.45) is -3.22. The molecular formula is C18H20F3N3O5. The fourth-order valence-corrected chi connectivity index (χ4v) is 3.20. The van der Waals surface area contributed by atoms with Crippen molar-refractivity contribution >= 4 is 5.97 Å². The Hall–Kier alpha value is -2.79. The first-order chi connectivity index (χ1) is 13.8. The van der Waals surface area contributed by atoms with Crippen molar-refractivity contribution in [3.63, 3.8) is 0 Å². The number of methoxy groups -OCH3 is 1. The predicted molar refractivity (Wildman–Crippen MR) is 93.5 cm³/mol. The maximum atomic E-state index is 10.6. The zero-order valence-corrected chi connectivity index (χ0v) is 15.6. The molecule has 158 valence electrons. The number of rotatable bonds is 4. The number of nitrogens with zero attached hydrogens (tertiary/aromatic N) is 3. The van der Waals surface area contributed by atoms with E-state index >= 15 is 0 Å². The van der Waals surface area contributed by atoms with Gasteiger partial charge in [-0.2, -0.15) is 18.3 Å². The second kappa shape index (κ2) is 8.70. The van der Waals surface area contributed by atoms with Crippen molar-refractivity contribution in [2.75, 3.05) is 27.1 Å². The Morgan fingerprint density at radius 2 is 2.03 bits per heavy atom. The molecule has 2 aliphatic rings. The van der Waals surface area contributed by atoms with Crippen LogP contribution < -0.4 is 9.47 Å². The van der Waals surface area contributed by atoms with Crippen LogP contribution in [-0.2, 0) is 22.6 Å². The number of alkyl halides is 3. The van der Waals surface area contributed by atoms with E-state index in [1.165, 1.54) is 11.3 Å². The summed E-state index contributed by atoms with van der Waals surface area (Å²) < 4.78 is 50.0. The largest absolute Gasteiger partial charge is 0.490 e. The van der Waals surface area contributed by atoms with Crippen molar-refractivity contribution in [2.45, 2.75) is 25.3 Å². The third-order valence-electron chi connectivity index (χ3n) is 4.40. The summed E-state index contributed by atoms with van der Waals surface area (Å²) in [5.41, 5.74) is 2.46. The number of carboxylic acid groups (broad SMARTS) is 1. The third kappa shape index (κ3) is 5.18. The molecule has 1 aromatic heterocycles. The van der Waals surface area contributed by atoms with Gasteiger partial charge in [0, 0.05) is 32.9 Å². The Labute approximate surface area is 164 Å². The lowest BCUT2D eigenvalue weighted by molar-refractivity contribution is -0.192. The fraction of sp³-hybridized carbons (Fsp3) is 0.444. The summed E-state index contributed by atoms with van der Waals surface area (Å²) in [5, 5.41) is 11.5. The van der Waals surface area contributed by atoms with Gasteiger partial charge in [0.1, 0.15) is 0 Å². The van der Waals surface area contributed by atoms with E-state index in [0.717, 1.165) is 31.1 Å². The van der Waals surface area contributed by atoms with Crippen LogP contribution >= 0.6 is 0 Å². The van der Waals surface area contributed by atoms with Crippen LogP contribution in [0.1, 0.15) is 17.3 Å². The van der Waals surface area contributed by atoms with E-state index in [-0.39, 0.29) is 6.04 Å². The van der Waals surface area contributed by atoms with Gasteiger partial charge in [-0.25, -0.2) is 4.79 Å². The van der Waals surface area contributed by atoms with E-state index in [0.29, 0.717) is 13.4 Å². The maximum absolute atomic E-state index is 10.6. The molecule has 1 atom stereocenters. The monoisotopic (exact) mass is 415 g/mol. The van der Waals surface area contributed by atoms with Gasteiger partial charge in [-0.15, -0.1) is 0 Å². The first-order valence-electron chi connectivity index (χ1n) is 8.70. The molecule has 11 heteroatoms. The SMILES string of the molecule is COCC1CN(Cc2ccc3c(c2)OCO3)Cc2ccnn21.O=C(O)C(F)(F)F. The molecule has 3 heterocycles. The number of halogens is 3. The predicted octanol–water partition coefficient (Wildman–Crippen LogP) is 2.45. The average Bonchev–Trinajstić information content (AvgIpc) is 3.30. The van der Waals surface area contributed by atoms with Gasteiger partial charge in [0.05, 0.1) is 18.3 Å². The number of fused-ring (bicyclic) bond motifs is 2. The quantitative estimate of drug-likeness (QED) is 0.821. The highest BCUT2D eigenvalue weighted by Gasteiger charge is 2.38. The molecule has 1 unspecified atom stereocenters. The summed E-state index contributed by atoms with van der Waals surface area (Å²) in [7, 11) is 1.74. The van der Waals surface area contributed by atoms with Gasteiger partial charge in [0.2, 0.25) is 6.79 Å². The molecule has 29 heavy (non-hydrogen) atoms. The summed E-state index contributed by atoms with van der Waals surface area (Å²) in [6, 6.07) is 8.50. The molecule has 1 N–H and O–H groups in total. The molecule has 0 amide bonds. The summed E-state index contributed by atoms with van der Waals surface area (Å²) in [4.78, 5) is 11.3. The molecule has 1 aromatic carbocycles. The number of ether oxygens (including phenoxy) is 3. The molecule has 0 bridgehead atoms. The molecule has 2 aromatic rings. The van der Waals surface area contributed by atoms with E-state index in [4.69, 9.17) is 24.1 Å². The number of aromatic nitrogens is 2. The second-order valence-electron chi connectivity index (χ2n) is 6.54. The topological polar surface area (TPSA) is 86.1 Å². The zero-order valence-electron chi connectivity index (χ0n) is 15.6. The number of benzene rings is 1. The van der Waals surface area contributed by atoms with E-state index in [9.17, 15) is 13.2 Å². The minimum atomic E-state index is -5.08. The Morgan fingerprint density at radius 3 is 2.72 bits per heavy atom. The lowest BCUT2D eigenvalue weighted by Crippen LogP contribution is -2.39. The molecular weight excluding hydrogens is 395 g/mol. The number of hydrogen-bond donors (Lipinski definition) is 1. The van der Waals surface area contributed by atoms with E-state index in [1.807, 2.05) is 12.3 Å². The number of carboxylic acids is 1. The molecule has 0 saturated carbocycles. The van der Waals surface area contributed by atoms with Crippen LogP contribution in [0.2, 0.25) is 0 Å². The fourth-order valence-electron chi connectivity index (χ4n) is 3.20. The van der Waals surface area contributed by atoms with Crippen molar-refractivity contribution in [1.82, 2.24) is 14.7 Å². The van der Waals surface area contributed by atoms with E-state index < -0.39 is 12.1 Å². The molecule has 0 radical (unpaired) electrons. The van der Waals surface area contributed by atoms with Crippen molar-refractivity contribution in [2.24, 2.45) is 0 Å². The van der Waals surface area contributed by atoms with Gasteiger partial charge in [0.25, 0.3) is 0 Å². The van der Waals surface area contributed by atoms with Crippen molar-refractivity contribution in [3.8, 4) is 11.5 Å². The molecule has 4 rings (SSSR count). The number of carbonyl (C=O) groups is 1. The highest BCUT2D eigenvalue weighted by molar-refractivity contribution is 5.73. The Morgan fingerprint density at radius 1 is 1.31 bits per heavy atom. The Kier molecular flexibility index (Phi) is 6.28. The summed E-state index contributed by atoms with van der Waals surface area (Å²) in [5.74, 6) is -1.08. The second-order valence-corrected chi connectivity index (χ2v) is 6.54. The molecule has 0 fully saturated rings. The van der Waals surface area contributed by atoms with E-state index in [1.54, 1.807) is 7.11 Å². The highest BCUT2D eigenvalue weighted by Crippen LogP contribution is 2.33. The molecule has 0 spiro atoms. The Bertz CT molecular complexity index is 856. The summed E-state index contributed by atoms with van der Waals surface area (Å²) in [6.45, 7) is 3.69. The van der Waals surface area contributed by atoms with Crippen molar-refractivity contribution < 1.29 is 37.3 Å². The van der Waals surface area contributed by atoms with Crippen LogP contribution in [0.3, 0.4) is 0 Å². The molecule has 0 aliphatic carbocycles. The molecule has 8 nitrogen and oxygen atoms in total. The first-order valence-corrected chi connectivity index (χ1v) is 8.70. The van der Waals surface area contributed by atoms with Crippen molar-refractivity contribution in [1.29, 1.82) is 0 Å². The maximum Gasteiger partial charge on any atom is 0.490 e. The first kappa shape index (κ1) is 20.9. The minimum Gasteiger partial charge on any atom is -0.475 e. The van der Waals surface area contributed by atoms with Crippen LogP contribution in [0.4, 0.5) is 13.2 Å². The average molecular weight is 415 g/mol. The van der Waals surface area contributed by atoms with Gasteiger partial charge >= 0.3 is 12.1 Å². The van der Waals surface area contributed by atoms with Crippen LogP contribution in [0, 0.1) is 0 Å². The molecule has 0 saturated heterocycles. The van der Waals surface area contributed by atoms with Crippen molar-refractivity contribution in [3.05, 3.63) is 41.7 Å². The van der Waals surface area contributed by atoms with Gasteiger partial charge in [-0.3, -0.25) is 9.58 Å². The summed E-state index contributed by atoms with van der Waals surface area (Å²) >= 11 is 0. The van der Waals surface area contributed by atoms with Crippen LogP contribution in [-0.4, -0.2) is 59.0 Å². The zero-order chi connectivity index (χ0) is 21.0. The number of aliphatic carboxylic acids is 1.